The highest BCUT2D eigenvalue weighted by Gasteiger charge is 2.17. The molecule has 25 heavy (non-hydrogen) atoms. The fourth-order valence-electron chi connectivity index (χ4n) is 2.23. The molecule has 0 fully saturated rings. The van der Waals surface area contributed by atoms with E-state index in [1.165, 1.54) is 11.6 Å². The van der Waals surface area contributed by atoms with Crippen molar-refractivity contribution in [3.05, 3.63) is 69.3 Å². The van der Waals surface area contributed by atoms with E-state index in [-0.39, 0.29) is 6.61 Å². The normalized spacial score (nSPS) is 10.2. The van der Waals surface area contributed by atoms with Crippen LogP contribution in [0.3, 0.4) is 0 Å². The van der Waals surface area contributed by atoms with E-state index >= 15 is 0 Å². The van der Waals surface area contributed by atoms with Crippen molar-refractivity contribution in [2.45, 2.75) is 20.5 Å². The topological polar surface area (TPSA) is 44.8 Å². The summed E-state index contributed by atoms with van der Waals surface area (Å²) < 4.78 is 17.6. The van der Waals surface area contributed by atoms with Crippen LogP contribution in [0, 0.1) is 10.5 Å². The van der Waals surface area contributed by atoms with E-state index < -0.39 is 5.97 Å². The number of benzene rings is 2. The lowest BCUT2D eigenvalue weighted by Crippen LogP contribution is -2.08. The van der Waals surface area contributed by atoms with Crippen molar-refractivity contribution in [3.63, 3.8) is 0 Å². The summed E-state index contributed by atoms with van der Waals surface area (Å²) in [6, 6.07) is 11.5. The number of rotatable bonds is 8. The van der Waals surface area contributed by atoms with E-state index in [9.17, 15) is 4.79 Å². The first kappa shape index (κ1) is 19.3. The van der Waals surface area contributed by atoms with Gasteiger partial charge in [0.1, 0.15) is 13.2 Å². The second-order valence-corrected chi connectivity index (χ2v) is 6.48. The Kier molecular flexibility index (Phi) is 7.31. The third kappa shape index (κ3) is 5.22. The van der Waals surface area contributed by atoms with Crippen LogP contribution in [0.2, 0.25) is 0 Å². The Morgan fingerprint density at radius 2 is 2.00 bits per heavy atom. The van der Waals surface area contributed by atoms with Crippen molar-refractivity contribution in [2.75, 3.05) is 13.2 Å². The highest BCUT2D eigenvalue weighted by Crippen LogP contribution is 2.35. The zero-order valence-corrected chi connectivity index (χ0v) is 16.5. The van der Waals surface area contributed by atoms with Crippen LogP contribution in [0.15, 0.2) is 49.1 Å². The summed E-state index contributed by atoms with van der Waals surface area (Å²) in [4.78, 5) is 12.1. The van der Waals surface area contributed by atoms with Gasteiger partial charge in [-0.15, -0.1) is 0 Å². The highest BCUT2D eigenvalue weighted by atomic mass is 127. The van der Waals surface area contributed by atoms with Crippen LogP contribution in [0.1, 0.15) is 28.4 Å². The van der Waals surface area contributed by atoms with Gasteiger partial charge in [-0.2, -0.15) is 0 Å². The van der Waals surface area contributed by atoms with Crippen molar-refractivity contribution >= 4 is 28.6 Å². The monoisotopic (exact) mass is 452 g/mol. The molecule has 0 aliphatic carbocycles. The molecule has 132 valence electrons. The largest absolute Gasteiger partial charge is 0.490 e. The fraction of sp³-hybridized carbons (Fsp3) is 0.250. The second-order valence-electron chi connectivity index (χ2n) is 5.32. The van der Waals surface area contributed by atoms with E-state index in [0.29, 0.717) is 30.3 Å². The molecule has 0 amide bonds. The smallest absolute Gasteiger partial charge is 0.338 e. The molecule has 2 rings (SSSR count). The molecule has 5 heteroatoms. The molecule has 0 saturated carbocycles. The lowest BCUT2D eigenvalue weighted by molar-refractivity contribution is 0.0549. The summed E-state index contributed by atoms with van der Waals surface area (Å²) in [5.41, 5.74) is 2.70. The number of hydrogen-bond acceptors (Lipinski definition) is 4. The predicted octanol–water partition coefficient (Wildman–Crippen LogP) is 4.92. The van der Waals surface area contributed by atoms with Crippen LogP contribution >= 0.6 is 22.6 Å². The first-order chi connectivity index (χ1) is 12.1. The minimum Gasteiger partial charge on any atom is -0.490 e. The van der Waals surface area contributed by atoms with Crippen molar-refractivity contribution in [2.24, 2.45) is 0 Å². The summed E-state index contributed by atoms with van der Waals surface area (Å²) in [7, 11) is 0. The Morgan fingerprint density at radius 3 is 2.68 bits per heavy atom. The van der Waals surface area contributed by atoms with E-state index in [0.717, 1.165) is 9.13 Å². The molecular weight excluding hydrogens is 431 g/mol. The minimum absolute atomic E-state index is 0.172. The Labute approximate surface area is 161 Å². The van der Waals surface area contributed by atoms with Crippen LogP contribution < -0.4 is 9.47 Å². The molecule has 4 nitrogen and oxygen atoms in total. The molecule has 0 aliphatic heterocycles. The molecule has 0 spiro atoms. The van der Waals surface area contributed by atoms with Crippen molar-refractivity contribution in [1.82, 2.24) is 0 Å². The molecule has 0 atom stereocenters. The minimum atomic E-state index is -0.413. The van der Waals surface area contributed by atoms with Gasteiger partial charge in [0.15, 0.2) is 11.5 Å². The summed E-state index contributed by atoms with van der Waals surface area (Å²) in [6.07, 6.45) is 1.53. The van der Waals surface area contributed by atoms with Gasteiger partial charge in [0.2, 0.25) is 0 Å². The second kappa shape index (κ2) is 9.46. The average Bonchev–Trinajstić information content (AvgIpc) is 2.60. The molecule has 0 aliphatic rings. The van der Waals surface area contributed by atoms with Gasteiger partial charge in [0.25, 0.3) is 0 Å². The van der Waals surface area contributed by atoms with Gasteiger partial charge < -0.3 is 14.2 Å². The Hall–Kier alpha value is -2.02. The lowest BCUT2D eigenvalue weighted by Gasteiger charge is -2.16. The maximum atomic E-state index is 12.1. The Bertz CT molecular complexity index is 755. The van der Waals surface area contributed by atoms with Crippen molar-refractivity contribution in [3.8, 4) is 11.5 Å². The van der Waals surface area contributed by atoms with E-state index in [2.05, 4.69) is 29.2 Å². The lowest BCUT2D eigenvalue weighted by atomic mass is 10.1. The van der Waals surface area contributed by atoms with E-state index in [4.69, 9.17) is 14.2 Å². The summed E-state index contributed by atoms with van der Waals surface area (Å²) >= 11 is 2.14. The van der Waals surface area contributed by atoms with Crippen molar-refractivity contribution in [1.29, 1.82) is 0 Å². The maximum Gasteiger partial charge on any atom is 0.338 e. The van der Waals surface area contributed by atoms with Gasteiger partial charge in [-0.1, -0.05) is 36.9 Å². The van der Waals surface area contributed by atoms with Gasteiger partial charge in [-0.05, 0) is 59.7 Å². The number of hydrogen-bond donors (Lipinski definition) is 0. The van der Waals surface area contributed by atoms with Crippen LogP contribution in [0.4, 0.5) is 0 Å². The van der Waals surface area contributed by atoms with Gasteiger partial charge >= 0.3 is 5.97 Å². The summed E-state index contributed by atoms with van der Waals surface area (Å²) in [5.74, 6) is 0.753. The molecule has 0 radical (unpaired) electrons. The Balaban J connectivity index is 2.26. The standard InChI is InChI=1S/C20H21IO4/c1-4-10-24-20(22)16-11-17(21)19(18(12-16)23-5-2)25-13-15-9-7-6-8-14(15)3/h4,6-9,11-12H,1,5,10,13H2,2-3H3. The summed E-state index contributed by atoms with van der Waals surface area (Å²) in [6.45, 7) is 8.56. The van der Waals surface area contributed by atoms with Crippen LogP contribution in [0.5, 0.6) is 11.5 Å². The van der Waals surface area contributed by atoms with Crippen LogP contribution in [0.25, 0.3) is 0 Å². The maximum absolute atomic E-state index is 12.1. The highest BCUT2D eigenvalue weighted by molar-refractivity contribution is 14.1. The van der Waals surface area contributed by atoms with Gasteiger partial charge in [-0.3, -0.25) is 0 Å². The fourth-order valence-corrected chi connectivity index (χ4v) is 2.99. The molecule has 0 saturated heterocycles. The van der Waals surface area contributed by atoms with Crippen LogP contribution in [-0.2, 0) is 11.3 Å². The summed E-state index contributed by atoms with van der Waals surface area (Å²) in [5, 5.41) is 0. The number of ether oxygens (including phenoxy) is 3. The number of aryl methyl sites for hydroxylation is 1. The molecule has 0 aromatic heterocycles. The van der Waals surface area contributed by atoms with Gasteiger partial charge in [0, 0.05) is 0 Å². The molecule has 0 heterocycles. The number of halogens is 1. The zero-order chi connectivity index (χ0) is 18.2. The average molecular weight is 452 g/mol. The van der Waals surface area contributed by atoms with Gasteiger partial charge in [0.05, 0.1) is 15.7 Å². The van der Waals surface area contributed by atoms with E-state index in [1.54, 1.807) is 12.1 Å². The third-order valence-corrected chi connectivity index (χ3v) is 4.31. The number of esters is 1. The molecule has 0 bridgehead atoms. The van der Waals surface area contributed by atoms with E-state index in [1.807, 2.05) is 38.1 Å². The van der Waals surface area contributed by atoms with Crippen LogP contribution in [-0.4, -0.2) is 19.2 Å². The molecule has 2 aromatic rings. The number of carbonyl (C=O) groups excluding carboxylic acids is 1. The van der Waals surface area contributed by atoms with Crippen molar-refractivity contribution < 1.29 is 19.0 Å². The molecular formula is C20H21IO4. The zero-order valence-electron chi connectivity index (χ0n) is 14.4. The first-order valence-corrected chi connectivity index (χ1v) is 9.06. The Morgan fingerprint density at radius 1 is 1.24 bits per heavy atom. The quantitative estimate of drug-likeness (QED) is 0.324. The SMILES string of the molecule is C=CCOC(=O)c1cc(I)c(OCc2ccccc2C)c(OCC)c1. The molecule has 0 unspecified atom stereocenters. The number of carbonyl (C=O) groups is 1. The third-order valence-electron chi connectivity index (χ3n) is 3.51. The molecule has 2 aromatic carbocycles. The van der Waals surface area contributed by atoms with Gasteiger partial charge in [-0.25, -0.2) is 4.79 Å². The predicted molar refractivity (Wildman–Crippen MR) is 106 cm³/mol. The molecule has 0 N–H and O–H groups in total. The first-order valence-electron chi connectivity index (χ1n) is 7.98.